The molecule has 0 spiro atoms. The van der Waals surface area contributed by atoms with Crippen LogP contribution in [-0.4, -0.2) is 22.5 Å². The monoisotopic (exact) mass is 248 g/mol. The molecule has 2 aliphatic rings. The summed E-state index contributed by atoms with van der Waals surface area (Å²) < 4.78 is 0. The molecule has 1 unspecified atom stereocenters. The lowest BCUT2D eigenvalue weighted by Gasteiger charge is -2.31. The highest BCUT2D eigenvalue weighted by atomic mass is 32.2. The van der Waals surface area contributed by atoms with E-state index in [0.29, 0.717) is 12.1 Å². The maximum Gasteiger partial charge on any atom is 0.0605 e. The molecule has 1 atom stereocenters. The average molecular weight is 248 g/mol. The lowest BCUT2D eigenvalue weighted by atomic mass is 9.91. The van der Waals surface area contributed by atoms with Gasteiger partial charge in [-0.1, -0.05) is 6.07 Å². The van der Waals surface area contributed by atoms with Crippen LogP contribution in [0.25, 0.3) is 0 Å². The van der Waals surface area contributed by atoms with Gasteiger partial charge in [0.15, 0.2) is 0 Å². The summed E-state index contributed by atoms with van der Waals surface area (Å²) >= 11 is 2.09. The van der Waals surface area contributed by atoms with Crippen molar-refractivity contribution in [2.45, 2.75) is 44.2 Å². The molecule has 0 saturated carbocycles. The Kier molecular flexibility index (Phi) is 3.67. The quantitative estimate of drug-likeness (QED) is 0.871. The van der Waals surface area contributed by atoms with Crippen LogP contribution in [0.1, 0.15) is 43.0 Å². The maximum atomic E-state index is 4.60. The third-order valence-corrected chi connectivity index (χ3v) is 4.90. The zero-order chi connectivity index (χ0) is 11.5. The Balaban J connectivity index is 1.71. The second kappa shape index (κ2) is 5.40. The van der Waals surface area contributed by atoms with E-state index < -0.39 is 0 Å². The van der Waals surface area contributed by atoms with Crippen molar-refractivity contribution in [1.82, 2.24) is 10.3 Å². The van der Waals surface area contributed by atoms with Crippen LogP contribution in [0.5, 0.6) is 0 Å². The van der Waals surface area contributed by atoms with Gasteiger partial charge in [0.25, 0.3) is 0 Å². The summed E-state index contributed by atoms with van der Waals surface area (Å²) in [5.74, 6) is 2.64. The van der Waals surface area contributed by atoms with Crippen molar-refractivity contribution < 1.29 is 0 Å². The predicted molar refractivity (Wildman–Crippen MR) is 73.4 cm³/mol. The van der Waals surface area contributed by atoms with Crippen molar-refractivity contribution in [2.75, 3.05) is 11.5 Å². The Bertz CT molecular complexity index is 374. The molecule has 1 aromatic rings. The van der Waals surface area contributed by atoms with E-state index in [-0.39, 0.29) is 0 Å². The van der Waals surface area contributed by atoms with Gasteiger partial charge in [0.05, 0.1) is 5.69 Å². The summed E-state index contributed by atoms with van der Waals surface area (Å²) in [6, 6.07) is 5.54. The number of fused-ring (bicyclic) bond motifs is 1. The second-order valence-corrected chi connectivity index (χ2v) is 6.27. The maximum absolute atomic E-state index is 4.60. The molecule has 17 heavy (non-hydrogen) atoms. The van der Waals surface area contributed by atoms with Gasteiger partial charge in [-0.05, 0) is 55.2 Å². The summed E-state index contributed by atoms with van der Waals surface area (Å²) in [6.45, 7) is 0. The average Bonchev–Trinajstić information content (AvgIpc) is 2.40. The Morgan fingerprint density at radius 2 is 2.12 bits per heavy atom. The van der Waals surface area contributed by atoms with Gasteiger partial charge in [0.1, 0.15) is 0 Å². The molecule has 1 saturated heterocycles. The summed E-state index contributed by atoms with van der Waals surface area (Å²) in [5.41, 5.74) is 2.78. The molecule has 3 heteroatoms. The van der Waals surface area contributed by atoms with Gasteiger partial charge in [-0.15, -0.1) is 0 Å². The van der Waals surface area contributed by atoms with E-state index in [2.05, 4.69) is 34.2 Å². The van der Waals surface area contributed by atoms with Crippen molar-refractivity contribution in [1.29, 1.82) is 0 Å². The molecule has 0 bridgehead atoms. The molecule has 2 heterocycles. The minimum absolute atomic E-state index is 0.507. The van der Waals surface area contributed by atoms with E-state index in [0.717, 1.165) is 0 Å². The first-order valence-corrected chi connectivity index (χ1v) is 7.86. The number of aromatic nitrogens is 1. The molecular formula is C14H20N2S. The van der Waals surface area contributed by atoms with Crippen molar-refractivity contribution >= 4 is 11.8 Å². The number of hydrogen-bond donors (Lipinski definition) is 1. The topological polar surface area (TPSA) is 24.9 Å². The molecular weight excluding hydrogens is 228 g/mol. The number of thioether (sulfide) groups is 1. The van der Waals surface area contributed by atoms with Crippen LogP contribution in [0, 0.1) is 0 Å². The molecule has 1 aliphatic carbocycles. The molecule has 1 N–H and O–H groups in total. The molecule has 2 nitrogen and oxygen atoms in total. The number of pyridine rings is 1. The molecule has 0 amide bonds. The van der Waals surface area contributed by atoms with Crippen LogP contribution >= 0.6 is 11.8 Å². The smallest absolute Gasteiger partial charge is 0.0605 e. The van der Waals surface area contributed by atoms with Crippen molar-refractivity contribution in [3.8, 4) is 0 Å². The third kappa shape index (κ3) is 2.66. The first kappa shape index (κ1) is 11.5. The van der Waals surface area contributed by atoms with Gasteiger partial charge >= 0.3 is 0 Å². The van der Waals surface area contributed by atoms with Gasteiger partial charge in [-0.2, -0.15) is 11.8 Å². The fourth-order valence-corrected chi connectivity index (χ4v) is 4.03. The number of aryl methyl sites for hydroxylation is 1. The van der Waals surface area contributed by atoms with E-state index in [1.54, 1.807) is 0 Å². The van der Waals surface area contributed by atoms with Crippen molar-refractivity contribution in [3.05, 3.63) is 29.6 Å². The summed E-state index contributed by atoms with van der Waals surface area (Å²) in [5, 5.41) is 3.84. The highest BCUT2D eigenvalue weighted by Gasteiger charge is 2.24. The summed E-state index contributed by atoms with van der Waals surface area (Å²) in [6.07, 6.45) is 8.36. The number of hydrogen-bond acceptors (Lipinski definition) is 3. The zero-order valence-electron chi connectivity index (χ0n) is 10.2. The van der Waals surface area contributed by atoms with E-state index in [1.807, 2.05) is 6.20 Å². The minimum Gasteiger partial charge on any atom is -0.306 e. The lowest BCUT2D eigenvalue weighted by molar-refractivity contribution is 0.372. The lowest BCUT2D eigenvalue weighted by Crippen LogP contribution is -2.37. The SMILES string of the molecule is c1cnc2c(c1)CCCC2NC1CCSCC1. The molecule has 1 fully saturated rings. The number of rotatable bonds is 2. The molecule has 0 aromatic carbocycles. The van der Waals surface area contributed by atoms with Gasteiger partial charge in [0, 0.05) is 18.3 Å². The Morgan fingerprint density at radius 3 is 3.00 bits per heavy atom. The second-order valence-electron chi connectivity index (χ2n) is 5.05. The van der Waals surface area contributed by atoms with Gasteiger partial charge in [-0.3, -0.25) is 4.98 Å². The van der Waals surface area contributed by atoms with Crippen molar-refractivity contribution in [3.63, 3.8) is 0 Å². The van der Waals surface area contributed by atoms with E-state index in [4.69, 9.17) is 0 Å². The van der Waals surface area contributed by atoms with Crippen LogP contribution in [0.15, 0.2) is 18.3 Å². The minimum atomic E-state index is 0.507. The first-order chi connectivity index (χ1) is 8.43. The Hall–Kier alpha value is -0.540. The molecule has 1 aromatic heterocycles. The Morgan fingerprint density at radius 1 is 1.24 bits per heavy atom. The van der Waals surface area contributed by atoms with Gasteiger partial charge in [0.2, 0.25) is 0 Å². The number of nitrogens with zero attached hydrogens (tertiary/aromatic N) is 1. The summed E-state index contributed by atoms with van der Waals surface area (Å²) in [4.78, 5) is 4.60. The first-order valence-electron chi connectivity index (χ1n) is 6.71. The van der Waals surface area contributed by atoms with E-state index in [9.17, 15) is 0 Å². The normalized spacial score (nSPS) is 25.5. The largest absolute Gasteiger partial charge is 0.306 e. The van der Waals surface area contributed by atoms with Crippen LogP contribution in [0.4, 0.5) is 0 Å². The van der Waals surface area contributed by atoms with Crippen LogP contribution in [0.2, 0.25) is 0 Å². The van der Waals surface area contributed by atoms with Crippen LogP contribution in [-0.2, 0) is 6.42 Å². The van der Waals surface area contributed by atoms with Gasteiger partial charge < -0.3 is 5.32 Å². The van der Waals surface area contributed by atoms with Crippen LogP contribution < -0.4 is 5.32 Å². The highest BCUT2D eigenvalue weighted by molar-refractivity contribution is 7.99. The summed E-state index contributed by atoms with van der Waals surface area (Å²) in [7, 11) is 0. The van der Waals surface area contributed by atoms with E-state index in [1.165, 1.54) is 54.9 Å². The predicted octanol–water partition coefficient (Wildman–Crippen LogP) is 2.94. The third-order valence-electron chi connectivity index (χ3n) is 3.85. The van der Waals surface area contributed by atoms with Crippen LogP contribution in [0.3, 0.4) is 0 Å². The molecule has 1 aliphatic heterocycles. The molecule has 0 radical (unpaired) electrons. The fourth-order valence-electron chi connectivity index (χ4n) is 2.92. The molecule has 92 valence electrons. The fraction of sp³-hybridized carbons (Fsp3) is 0.643. The van der Waals surface area contributed by atoms with Crippen molar-refractivity contribution in [2.24, 2.45) is 0 Å². The molecule has 3 rings (SSSR count). The highest BCUT2D eigenvalue weighted by Crippen LogP contribution is 2.29. The van der Waals surface area contributed by atoms with Gasteiger partial charge in [-0.25, -0.2) is 0 Å². The number of nitrogens with one attached hydrogen (secondary N) is 1. The standard InChI is InChI=1S/C14H20N2S/c1-3-11-4-2-8-15-14(11)13(5-1)16-12-6-9-17-10-7-12/h2,4,8,12-13,16H,1,3,5-7,9-10H2. The Labute approximate surface area is 108 Å². The zero-order valence-corrected chi connectivity index (χ0v) is 11.0. The van der Waals surface area contributed by atoms with E-state index >= 15 is 0 Å².